The number of likely N-dealkylation sites (tertiary alicyclic amines) is 1. The molecule has 0 radical (unpaired) electrons. The molecule has 2 aromatic rings. The fourth-order valence-electron chi connectivity index (χ4n) is 3.28. The minimum atomic E-state index is 0.697. The summed E-state index contributed by atoms with van der Waals surface area (Å²) in [4.78, 5) is 7.20. The van der Waals surface area contributed by atoms with Gasteiger partial charge in [-0.05, 0) is 57.5 Å². The zero-order valence-corrected chi connectivity index (χ0v) is 13.2. The van der Waals surface area contributed by atoms with Gasteiger partial charge in [0.25, 0.3) is 0 Å². The van der Waals surface area contributed by atoms with E-state index in [1.54, 1.807) is 0 Å². The molecule has 2 aromatic heterocycles. The van der Waals surface area contributed by atoms with Crippen molar-refractivity contribution in [3.63, 3.8) is 0 Å². The number of imidazole rings is 1. The molecule has 1 unspecified atom stereocenters. The van der Waals surface area contributed by atoms with Crippen molar-refractivity contribution in [2.75, 3.05) is 26.2 Å². The predicted molar refractivity (Wildman–Crippen MR) is 86.5 cm³/mol. The van der Waals surface area contributed by atoms with E-state index in [1.807, 2.05) is 6.07 Å². The Morgan fingerprint density at radius 3 is 2.90 bits per heavy atom. The number of rotatable bonds is 6. The van der Waals surface area contributed by atoms with Crippen LogP contribution < -0.4 is 5.32 Å². The van der Waals surface area contributed by atoms with E-state index in [-0.39, 0.29) is 0 Å². The Morgan fingerprint density at radius 1 is 1.29 bits per heavy atom. The maximum Gasteiger partial charge on any atom is 0.137 e. The van der Waals surface area contributed by atoms with Gasteiger partial charge in [-0.2, -0.15) is 0 Å². The molecule has 1 atom stereocenters. The van der Waals surface area contributed by atoms with Crippen LogP contribution in [-0.2, 0) is 6.54 Å². The molecule has 3 rings (SSSR count). The molecule has 0 spiro atoms. The quantitative estimate of drug-likeness (QED) is 0.885. The predicted octanol–water partition coefficient (Wildman–Crippen LogP) is 2.46. The van der Waals surface area contributed by atoms with Crippen molar-refractivity contribution < 1.29 is 0 Å². The standard InChI is InChI=1S/C17H26N4/c1-14(13-20-8-5-6-9-20)11-18-12-16-15(2)19-17-7-3-4-10-21(16)17/h3-4,7,10,14,18H,5-6,8-9,11-13H2,1-2H3. The van der Waals surface area contributed by atoms with Gasteiger partial charge in [-0.1, -0.05) is 13.0 Å². The number of aryl methyl sites for hydroxylation is 1. The summed E-state index contributed by atoms with van der Waals surface area (Å²) in [7, 11) is 0. The lowest BCUT2D eigenvalue weighted by atomic mass is 10.1. The smallest absolute Gasteiger partial charge is 0.137 e. The average Bonchev–Trinajstić information content (AvgIpc) is 3.07. The highest BCUT2D eigenvalue weighted by Gasteiger charge is 2.14. The number of nitrogens with one attached hydrogen (secondary N) is 1. The highest BCUT2D eigenvalue weighted by molar-refractivity contribution is 5.42. The summed E-state index contributed by atoms with van der Waals surface area (Å²) in [5.41, 5.74) is 3.44. The van der Waals surface area contributed by atoms with E-state index in [0.29, 0.717) is 5.92 Å². The van der Waals surface area contributed by atoms with Crippen molar-refractivity contribution in [1.82, 2.24) is 19.6 Å². The molecule has 1 N–H and O–H groups in total. The van der Waals surface area contributed by atoms with Crippen LogP contribution in [-0.4, -0.2) is 40.5 Å². The van der Waals surface area contributed by atoms with Crippen LogP contribution in [0.4, 0.5) is 0 Å². The fraction of sp³-hybridized carbons (Fsp3) is 0.588. The van der Waals surface area contributed by atoms with Gasteiger partial charge >= 0.3 is 0 Å². The maximum absolute atomic E-state index is 4.61. The fourth-order valence-corrected chi connectivity index (χ4v) is 3.28. The Morgan fingerprint density at radius 2 is 2.10 bits per heavy atom. The van der Waals surface area contributed by atoms with Crippen molar-refractivity contribution in [1.29, 1.82) is 0 Å². The summed E-state index contributed by atoms with van der Waals surface area (Å²) in [5, 5.41) is 3.61. The van der Waals surface area contributed by atoms with E-state index in [9.17, 15) is 0 Å². The topological polar surface area (TPSA) is 32.6 Å². The SMILES string of the molecule is Cc1nc2ccccn2c1CNCC(C)CN1CCCC1. The molecule has 0 bridgehead atoms. The van der Waals surface area contributed by atoms with Crippen LogP contribution in [0.3, 0.4) is 0 Å². The van der Waals surface area contributed by atoms with E-state index in [2.05, 4.69) is 51.8 Å². The third kappa shape index (κ3) is 3.44. The summed E-state index contributed by atoms with van der Waals surface area (Å²) in [6.45, 7) is 10.2. The normalized spacial score (nSPS) is 17.6. The summed E-state index contributed by atoms with van der Waals surface area (Å²) >= 11 is 0. The van der Waals surface area contributed by atoms with Crippen LogP contribution in [0, 0.1) is 12.8 Å². The number of hydrogen-bond donors (Lipinski definition) is 1. The molecule has 1 aliphatic heterocycles. The maximum atomic E-state index is 4.61. The number of fused-ring (bicyclic) bond motifs is 1. The second kappa shape index (κ2) is 6.58. The molecule has 3 heterocycles. The lowest BCUT2D eigenvalue weighted by Crippen LogP contribution is -2.31. The molecule has 1 aliphatic rings. The Balaban J connectivity index is 1.53. The van der Waals surface area contributed by atoms with Gasteiger partial charge in [0.1, 0.15) is 5.65 Å². The third-order valence-corrected chi connectivity index (χ3v) is 4.38. The molecule has 1 saturated heterocycles. The van der Waals surface area contributed by atoms with Gasteiger partial charge in [0.15, 0.2) is 0 Å². The molecule has 0 amide bonds. The molecule has 0 aliphatic carbocycles. The number of aromatic nitrogens is 2. The van der Waals surface area contributed by atoms with Crippen LogP contribution in [0.25, 0.3) is 5.65 Å². The van der Waals surface area contributed by atoms with Crippen LogP contribution in [0.1, 0.15) is 31.2 Å². The number of hydrogen-bond acceptors (Lipinski definition) is 3. The van der Waals surface area contributed by atoms with Gasteiger partial charge in [-0.3, -0.25) is 0 Å². The monoisotopic (exact) mass is 286 g/mol. The van der Waals surface area contributed by atoms with Crippen molar-refractivity contribution in [2.24, 2.45) is 5.92 Å². The molecule has 4 heteroatoms. The molecule has 0 saturated carbocycles. The zero-order valence-electron chi connectivity index (χ0n) is 13.2. The molecular formula is C17H26N4. The second-order valence-corrected chi connectivity index (χ2v) is 6.32. The van der Waals surface area contributed by atoms with Crippen molar-refractivity contribution in [2.45, 2.75) is 33.2 Å². The van der Waals surface area contributed by atoms with Crippen molar-refractivity contribution >= 4 is 5.65 Å². The molecule has 21 heavy (non-hydrogen) atoms. The highest BCUT2D eigenvalue weighted by Crippen LogP contribution is 2.12. The third-order valence-electron chi connectivity index (χ3n) is 4.38. The van der Waals surface area contributed by atoms with E-state index in [1.165, 1.54) is 38.2 Å². The lowest BCUT2D eigenvalue weighted by molar-refractivity contribution is 0.282. The highest BCUT2D eigenvalue weighted by atomic mass is 15.1. The average molecular weight is 286 g/mol. The van der Waals surface area contributed by atoms with Crippen LogP contribution in [0.15, 0.2) is 24.4 Å². The van der Waals surface area contributed by atoms with Gasteiger partial charge in [0.2, 0.25) is 0 Å². The Bertz CT molecular complexity index is 583. The number of pyridine rings is 1. The van der Waals surface area contributed by atoms with Gasteiger partial charge < -0.3 is 14.6 Å². The first-order valence-corrected chi connectivity index (χ1v) is 8.09. The number of nitrogens with zero attached hydrogens (tertiary/aromatic N) is 3. The van der Waals surface area contributed by atoms with Gasteiger partial charge in [0.05, 0.1) is 11.4 Å². The van der Waals surface area contributed by atoms with Gasteiger partial charge in [-0.25, -0.2) is 4.98 Å². The summed E-state index contributed by atoms with van der Waals surface area (Å²) in [6, 6.07) is 6.16. The first-order chi connectivity index (χ1) is 10.2. The van der Waals surface area contributed by atoms with E-state index in [4.69, 9.17) is 0 Å². The van der Waals surface area contributed by atoms with E-state index in [0.717, 1.165) is 24.4 Å². The van der Waals surface area contributed by atoms with Crippen LogP contribution in [0.5, 0.6) is 0 Å². The van der Waals surface area contributed by atoms with Crippen LogP contribution in [0.2, 0.25) is 0 Å². The first-order valence-electron chi connectivity index (χ1n) is 8.09. The minimum absolute atomic E-state index is 0.697. The first kappa shape index (κ1) is 14.5. The Labute approximate surface area is 127 Å². The van der Waals surface area contributed by atoms with E-state index >= 15 is 0 Å². The minimum Gasteiger partial charge on any atom is -0.311 e. The lowest BCUT2D eigenvalue weighted by Gasteiger charge is -2.20. The van der Waals surface area contributed by atoms with Gasteiger partial charge in [-0.15, -0.1) is 0 Å². The van der Waals surface area contributed by atoms with Crippen molar-refractivity contribution in [3.8, 4) is 0 Å². The molecule has 4 nitrogen and oxygen atoms in total. The van der Waals surface area contributed by atoms with E-state index < -0.39 is 0 Å². The second-order valence-electron chi connectivity index (χ2n) is 6.32. The molecule has 114 valence electrons. The summed E-state index contributed by atoms with van der Waals surface area (Å²) in [5.74, 6) is 0.697. The molecular weight excluding hydrogens is 260 g/mol. The Kier molecular flexibility index (Phi) is 4.56. The summed E-state index contributed by atoms with van der Waals surface area (Å²) in [6.07, 6.45) is 4.85. The van der Waals surface area contributed by atoms with Gasteiger partial charge in [0, 0.05) is 19.3 Å². The zero-order chi connectivity index (χ0) is 14.7. The largest absolute Gasteiger partial charge is 0.311 e. The summed E-state index contributed by atoms with van der Waals surface area (Å²) < 4.78 is 2.19. The Hall–Kier alpha value is -1.39. The van der Waals surface area contributed by atoms with Crippen LogP contribution >= 0.6 is 0 Å². The van der Waals surface area contributed by atoms with Crippen molar-refractivity contribution in [3.05, 3.63) is 35.8 Å². The molecule has 0 aromatic carbocycles. The molecule has 1 fully saturated rings.